The van der Waals surface area contributed by atoms with Gasteiger partial charge >= 0.3 is 0 Å². The topological polar surface area (TPSA) is 72.9 Å². The quantitative estimate of drug-likeness (QED) is 0.576. The van der Waals surface area contributed by atoms with Gasteiger partial charge in [-0.3, -0.25) is 0 Å². The highest BCUT2D eigenvalue weighted by atomic mass is 35.5. The van der Waals surface area contributed by atoms with Crippen molar-refractivity contribution in [3.63, 3.8) is 0 Å². The average molecular weight is 379 g/mol. The van der Waals surface area contributed by atoms with E-state index in [-0.39, 0.29) is 0 Å². The summed E-state index contributed by atoms with van der Waals surface area (Å²) in [5, 5.41) is 5.95. The first-order valence-electron chi connectivity index (χ1n) is 8.68. The maximum absolute atomic E-state index is 6.48. The third-order valence-electron chi connectivity index (χ3n) is 4.50. The molecular weight excluding hydrogens is 360 g/mol. The highest BCUT2D eigenvalue weighted by Gasteiger charge is 2.21. The van der Waals surface area contributed by atoms with Crippen LogP contribution in [0.5, 0.6) is 0 Å². The van der Waals surface area contributed by atoms with E-state index in [1.165, 1.54) is 0 Å². The first-order chi connectivity index (χ1) is 13.1. The number of benzene rings is 2. The van der Waals surface area contributed by atoms with Crippen LogP contribution in [-0.2, 0) is 0 Å². The number of hydrogen-bond acceptors (Lipinski definition) is 5. The number of anilines is 2. The Morgan fingerprint density at radius 1 is 1.04 bits per heavy atom. The van der Waals surface area contributed by atoms with Gasteiger partial charge in [0.2, 0.25) is 5.95 Å². The molecule has 0 aliphatic heterocycles. The highest BCUT2D eigenvalue weighted by Crippen LogP contribution is 2.36. The molecule has 0 radical (unpaired) electrons. The van der Waals surface area contributed by atoms with Gasteiger partial charge in [-0.15, -0.1) is 5.10 Å². The second kappa shape index (κ2) is 6.89. The molecule has 0 bridgehead atoms. The van der Waals surface area contributed by atoms with Gasteiger partial charge in [0.1, 0.15) is 5.82 Å². The van der Waals surface area contributed by atoms with Crippen LogP contribution in [0.15, 0.2) is 54.6 Å². The van der Waals surface area contributed by atoms with Crippen molar-refractivity contribution < 1.29 is 0 Å². The average Bonchev–Trinajstić information content (AvgIpc) is 3.04. The number of halogens is 1. The van der Waals surface area contributed by atoms with Gasteiger partial charge < -0.3 is 10.6 Å². The summed E-state index contributed by atoms with van der Waals surface area (Å²) in [6.45, 7) is 2.81. The molecule has 6 nitrogen and oxygen atoms in total. The van der Waals surface area contributed by atoms with E-state index in [9.17, 15) is 0 Å². The van der Waals surface area contributed by atoms with E-state index >= 15 is 0 Å². The Bertz CT molecular complexity index is 1110. The Morgan fingerprint density at radius 3 is 2.44 bits per heavy atom. The predicted molar refractivity (Wildman–Crippen MR) is 110 cm³/mol. The smallest absolute Gasteiger partial charge is 0.227 e. The molecule has 0 unspecified atom stereocenters. The molecule has 0 saturated carbocycles. The summed E-state index contributed by atoms with van der Waals surface area (Å²) in [4.78, 5) is 11.4. The lowest BCUT2D eigenvalue weighted by Crippen LogP contribution is -2.19. The van der Waals surface area contributed by atoms with E-state index in [0.717, 1.165) is 17.8 Å². The van der Waals surface area contributed by atoms with Gasteiger partial charge in [-0.05, 0) is 25.1 Å². The second-order valence-corrected chi connectivity index (χ2v) is 6.60. The molecule has 0 saturated heterocycles. The maximum Gasteiger partial charge on any atom is 0.227 e. The molecule has 2 heterocycles. The monoisotopic (exact) mass is 378 g/mol. The lowest BCUT2D eigenvalue weighted by atomic mass is 10.1. The number of aromatic nitrogens is 4. The molecule has 0 atom stereocenters. The van der Waals surface area contributed by atoms with Crippen LogP contribution in [0, 0.1) is 0 Å². The SMILES string of the molecule is CCN(C)c1nc(-c2ccccc2Cl)c2c(N)n(-c3ccccc3)nc2n1. The van der Waals surface area contributed by atoms with Gasteiger partial charge in [-0.25, -0.2) is 9.67 Å². The number of fused-ring (bicyclic) bond motifs is 1. The van der Waals surface area contributed by atoms with Crippen molar-refractivity contribution in [1.82, 2.24) is 19.7 Å². The molecule has 4 rings (SSSR count). The zero-order chi connectivity index (χ0) is 19.0. The third-order valence-corrected chi connectivity index (χ3v) is 4.83. The molecule has 0 spiro atoms. The lowest BCUT2D eigenvalue weighted by Gasteiger charge is -2.15. The van der Waals surface area contributed by atoms with Gasteiger partial charge in [0.15, 0.2) is 5.65 Å². The first kappa shape index (κ1) is 17.3. The number of para-hydroxylation sites is 1. The molecule has 27 heavy (non-hydrogen) atoms. The van der Waals surface area contributed by atoms with E-state index in [1.54, 1.807) is 4.68 Å². The van der Waals surface area contributed by atoms with Gasteiger partial charge in [-0.2, -0.15) is 4.98 Å². The normalized spacial score (nSPS) is 11.1. The fourth-order valence-electron chi connectivity index (χ4n) is 2.93. The Labute approximate surface area is 162 Å². The van der Waals surface area contributed by atoms with Crippen LogP contribution in [0.1, 0.15) is 6.92 Å². The number of nitrogens with two attached hydrogens (primary N) is 1. The summed E-state index contributed by atoms with van der Waals surface area (Å²) in [6, 6.07) is 17.3. The van der Waals surface area contributed by atoms with Crippen molar-refractivity contribution in [1.29, 1.82) is 0 Å². The van der Waals surface area contributed by atoms with Crippen molar-refractivity contribution in [2.45, 2.75) is 6.92 Å². The van der Waals surface area contributed by atoms with Crippen LogP contribution in [-0.4, -0.2) is 33.3 Å². The van der Waals surface area contributed by atoms with E-state index in [2.05, 4.69) is 10.1 Å². The zero-order valence-electron chi connectivity index (χ0n) is 15.1. The summed E-state index contributed by atoms with van der Waals surface area (Å²) in [5.74, 6) is 1.06. The molecular formula is C20H19ClN6. The zero-order valence-corrected chi connectivity index (χ0v) is 15.9. The van der Waals surface area contributed by atoms with Crippen molar-refractivity contribution in [3.05, 3.63) is 59.6 Å². The van der Waals surface area contributed by atoms with Crippen LogP contribution in [0.2, 0.25) is 5.02 Å². The van der Waals surface area contributed by atoms with Crippen molar-refractivity contribution in [3.8, 4) is 16.9 Å². The Balaban J connectivity index is 2.05. The fourth-order valence-corrected chi connectivity index (χ4v) is 3.15. The molecule has 0 amide bonds. The molecule has 4 aromatic rings. The summed E-state index contributed by atoms with van der Waals surface area (Å²) in [5.41, 5.74) is 9.37. The van der Waals surface area contributed by atoms with Crippen LogP contribution >= 0.6 is 11.6 Å². The molecule has 0 fully saturated rings. The Hall–Kier alpha value is -3.12. The predicted octanol–water partition coefficient (Wildman–Crippen LogP) is 4.17. The second-order valence-electron chi connectivity index (χ2n) is 6.20. The summed E-state index contributed by atoms with van der Waals surface area (Å²) in [6.07, 6.45) is 0. The van der Waals surface area contributed by atoms with Crippen molar-refractivity contribution in [2.75, 3.05) is 24.2 Å². The van der Waals surface area contributed by atoms with Gasteiger partial charge in [0, 0.05) is 24.2 Å². The number of nitrogen functional groups attached to an aromatic ring is 1. The van der Waals surface area contributed by atoms with E-state index in [0.29, 0.717) is 33.5 Å². The first-order valence-corrected chi connectivity index (χ1v) is 9.05. The summed E-state index contributed by atoms with van der Waals surface area (Å²) >= 11 is 6.46. The molecule has 0 aliphatic carbocycles. The van der Waals surface area contributed by atoms with Crippen molar-refractivity contribution >= 4 is 34.4 Å². The lowest BCUT2D eigenvalue weighted by molar-refractivity contribution is 0.885. The van der Waals surface area contributed by atoms with Gasteiger partial charge in [-0.1, -0.05) is 48.0 Å². The minimum atomic E-state index is 0.483. The molecule has 2 N–H and O–H groups in total. The highest BCUT2D eigenvalue weighted by molar-refractivity contribution is 6.33. The summed E-state index contributed by atoms with van der Waals surface area (Å²) < 4.78 is 1.69. The largest absolute Gasteiger partial charge is 0.383 e. The van der Waals surface area contributed by atoms with Gasteiger partial charge in [0.25, 0.3) is 0 Å². The van der Waals surface area contributed by atoms with Crippen LogP contribution in [0.25, 0.3) is 28.0 Å². The van der Waals surface area contributed by atoms with Crippen LogP contribution in [0.4, 0.5) is 11.8 Å². The van der Waals surface area contributed by atoms with E-state index < -0.39 is 0 Å². The van der Waals surface area contributed by atoms with E-state index in [4.69, 9.17) is 22.3 Å². The number of nitrogens with zero attached hydrogens (tertiary/aromatic N) is 5. The van der Waals surface area contributed by atoms with E-state index in [1.807, 2.05) is 73.5 Å². The number of hydrogen-bond donors (Lipinski definition) is 1. The standard InChI is InChI=1S/C20H19ClN6/c1-3-26(2)20-23-17(14-11-7-8-12-15(14)21)16-18(22)27(25-19(16)24-20)13-9-5-4-6-10-13/h4-12H,3,22H2,1-2H3. The molecule has 136 valence electrons. The molecule has 0 aliphatic rings. The van der Waals surface area contributed by atoms with Crippen LogP contribution < -0.4 is 10.6 Å². The fraction of sp³-hybridized carbons (Fsp3) is 0.150. The van der Waals surface area contributed by atoms with Crippen molar-refractivity contribution in [2.24, 2.45) is 0 Å². The minimum absolute atomic E-state index is 0.483. The summed E-state index contributed by atoms with van der Waals surface area (Å²) in [7, 11) is 1.94. The van der Waals surface area contributed by atoms with Gasteiger partial charge in [0.05, 0.1) is 16.8 Å². The molecule has 2 aromatic heterocycles. The molecule has 7 heteroatoms. The molecule has 2 aromatic carbocycles. The minimum Gasteiger partial charge on any atom is -0.383 e. The third kappa shape index (κ3) is 2.98. The maximum atomic E-state index is 6.48. The van der Waals surface area contributed by atoms with Crippen LogP contribution in [0.3, 0.4) is 0 Å². The Morgan fingerprint density at radius 2 is 1.74 bits per heavy atom. The Kier molecular flexibility index (Phi) is 4.41. The number of rotatable bonds is 4.